The molecule has 1 heterocycles. The van der Waals surface area contributed by atoms with Crippen LogP contribution in [0, 0.1) is 17.5 Å². The number of rotatable bonds is 8. The average Bonchev–Trinajstić information content (AvgIpc) is 3.13. The second kappa shape index (κ2) is 9.58. The molecule has 0 saturated heterocycles. The highest BCUT2D eigenvalue weighted by molar-refractivity contribution is 6.39. The summed E-state index contributed by atoms with van der Waals surface area (Å²) in [4.78, 5) is 12.6. The van der Waals surface area contributed by atoms with E-state index in [4.69, 9.17) is 0 Å². The van der Waals surface area contributed by atoms with E-state index in [1.807, 2.05) is 0 Å². The molecule has 1 atom stereocenters. The zero-order valence-corrected chi connectivity index (χ0v) is 16.3. The van der Waals surface area contributed by atoms with E-state index in [0.29, 0.717) is 23.4 Å². The first-order chi connectivity index (χ1) is 14.0. The van der Waals surface area contributed by atoms with Crippen molar-refractivity contribution >= 4 is 11.6 Å². The first kappa shape index (κ1) is 20.9. The van der Waals surface area contributed by atoms with Crippen LogP contribution < -0.4 is 5.32 Å². The lowest BCUT2D eigenvalue weighted by Crippen LogP contribution is -2.30. The van der Waals surface area contributed by atoms with Gasteiger partial charge in [0, 0.05) is 25.1 Å². The minimum absolute atomic E-state index is 0.0508. The minimum Gasteiger partial charge on any atom is -0.347 e. The molecule has 0 aliphatic carbocycles. The van der Waals surface area contributed by atoms with Gasteiger partial charge in [-0.1, -0.05) is 44.0 Å². The van der Waals surface area contributed by atoms with Crippen LogP contribution in [0.15, 0.2) is 47.6 Å². The number of unbranched alkanes of at least 4 members (excludes halogenated alkanes) is 2. The average molecular weight is 403 g/mol. The molecule has 3 rings (SSSR count). The first-order valence-electron chi connectivity index (χ1n) is 9.80. The number of halogens is 3. The Balaban J connectivity index is 1.70. The van der Waals surface area contributed by atoms with Crippen LogP contribution in [0.3, 0.4) is 0 Å². The minimum atomic E-state index is -0.961. The number of benzene rings is 2. The van der Waals surface area contributed by atoms with Crippen LogP contribution >= 0.6 is 0 Å². The van der Waals surface area contributed by atoms with Gasteiger partial charge >= 0.3 is 0 Å². The fourth-order valence-electron chi connectivity index (χ4n) is 3.37. The van der Waals surface area contributed by atoms with E-state index in [2.05, 4.69) is 17.3 Å². The van der Waals surface area contributed by atoms with Crippen LogP contribution in [-0.4, -0.2) is 23.2 Å². The van der Waals surface area contributed by atoms with Crippen LogP contribution in [0.1, 0.15) is 49.8 Å². The molecular formula is C22H24F3N3O. The van der Waals surface area contributed by atoms with Crippen molar-refractivity contribution in [3.63, 3.8) is 0 Å². The lowest BCUT2D eigenvalue weighted by molar-refractivity contribution is -0.115. The monoisotopic (exact) mass is 403 g/mol. The quantitative estimate of drug-likeness (QED) is 0.649. The van der Waals surface area contributed by atoms with Gasteiger partial charge in [0.05, 0.1) is 6.04 Å². The highest BCUT2D eigenvalue weighted by Crippen LogP contribution is 2.32. The molecule has 0 fully saturated rings. The van der Waals surface area contributed by atoms with E-state index in [-0.39, 0.29) is 24.8 Å². The highest BCUT2D eigenvalue weighted by atomic mass is 19.2. The number of hydrazone groups is 1. The molecule has 2 aromatic carbocycles. The predicted octanol–water partition coefficient (Wildman–Crippen LogP) is 4.71. The summed E-state index contributed by atoms with van der Waals surface area (Å²) < 4.78 is 40.7. The fourth-order valence-corrected chi connectivity index (χ4v) is 3.37. The number of nitrogens with zero attached hydrogens (tertiary/aromatic N) is 2. The maximum Gasteiger partial charge on any atom is 0.267 e. The second-order valence-corrected chi connectivity index (χ2v) is 7.09. The zero-order chi connectivity index (χ0) is 20.8. The van der Waals surface area contributed by atoms with Crippen molar-refractivity contribution in [3.8, 4) is 0 Å². The number of carbonyl (C=O) groups excluding carboxylic acids is 1. The Morgan fingerprint density at radius 3 is 2.62 bits per heavy atom. The van der Waals surface area contributed by atoms with Crippen LogP contribution in [0.2, 0.25) is 0 Å². The smallest absolute Gasteiger partial charge is 0.267 e. The Kier molecular flexibility index (Phi) is 6.90. The summed E-state index contributed by atoms with van der Waals surface area (Å²) in [6, 6.07) is 9.66. The van der Waals surface area contributed by atoms with Crippen molar-refractivity contribution in [1.82, 2.24) is 10.3 Å². The normalized spacial score (nSPS) is 16.1. The van der Waals surface area contributed by atoms with Crippen molar-refractivity contribution in [2.75, 3.05) is 6.54 Å². The second-order valence-electron chi connectivity index (χ2n) is 7.09. The van der Waals surface area contributed by atoms with Crippen molar-refractivity contribution < 1.29 is 18.0 Å². The molecule has 29 heavy (non-hydrogen) atoms. The van der Waals surface area contributed by atoms with Crippen molar-refractivity contribution in [3.05, 3.63) is 71.0 Å². The van der Waals surface area contributed by atoms with Crippen LogP contribution in [0.4, 0.5) is 13.2 Å². The summed E-state index contributed by atoms with van der Waals surface area (Å²) in [6.07, 6.45) is 3.25. The SMILES string of the molecule is CCCCCN1N=C(C(=O)NCc2ccc(F)c(F)c2)CC1c1ccccc1F. The zero-order valence-electron chi connectivity index (χ0n) is 16.3. The lowest BCUT2D eigenvalue weighted by atomic mass is 10.0. The maximum atomic E-state index is 14.3. The summed E-state index contributed by atoms with van der Waals surface area (Å²) in [6.45, 7) is 2.78. The molecule has 1 amide bonds. The van der Waals surface area contributed by atoms with Gasteiger partial charge in [-0.15, -0.1) is 0 Å². The number of amides is 1. The van der Waals surface area contributed by atoms with Crippen molar-refractivity contribution in [2.45, 2.75) is 45.2 Å². The van der Waals surface area contributed by atoms with Gasteiger partial charge in [0.15, 0.2) is 11.6 Å². The summed E-state index contributed by atoms with van der Waals surface area (Å²) >= 11 is 0. The first-order valence-corrected chi connectivity index (χ1v) is 9.80. The Morgan fingerprint density at radius 1 is 1.10 bits per heavy atom. The van der Waals surface area contributed by atoms with E-state index in [0.717, 1.165) is 31.4 Å². The van der Waals surface area contributed by atoms with Gasteiger partial charge in [-0.2, -0.15) is 5.10 Å². The van der Waals surface area contributed by atoms with Gasteiger partial charge in [0.1, 0.15) is 11.5 Å². The molecule has 154 valence electrons. The predicted molar refractivity (Wildman–Crippen MR) is 106 cm³/mol. The summed E-state index contributed by atoms with van der Waals surface area (Å²) in [5, 5.41) is 8.90. The van der Waals surface area contributed by atoms with E-state index < -0.39 is 17.5 Å². The van der Waals surface area contributed by atoms with E-state index >= 15 is 0 Å². The molecule has 1 N–H and O–H groups in total. The Bertz CT molecular complexity index is 901. The Morgan fingerprint density at radius 2 is 1.90 bits per heavy atom. The van der Waals surface area contributed by atoms with Gasteiger partial charge in [-0.3, -0.25) is 9.80 Å². The maximum absolute atomic E-state index is 14.3. The molecule has 7 heteroatoms. The van der Waals surface area contributed by atoms with Crippen LogP contribution in [0.5, 0.6) is 0 Å². The largest absolute Gasteiger partial charge is 0.347 e. The molecule has 4 nitrogen and oxygen atoms in total. The molecule has 0 radical (unpaired) electrons. The molecular weight excluding hydrogens is 379 g/mol. The van der Waals surface area contributed by atoms with Crippen molar-refractivity contribution in [2.24, 2.45) is 5.10 Å². The molecule has 1 aliphatic heterocycles. The highest BCUT2D eigenvalue weighted by Gasteiger charge is 2.32. The van der Waals surface area contributed by atoms with Crippen LogP contribution in [0.25, 0.3) is 0 Å². The fraction of sp³-hybridized carbons (Fsp3) is 0.364. The third-order valence-corrected chi connectivity index (χ3v) is 4.95. The van der Waals surface area contributed by atoms with Crippen LogP contribution in [-0.2, 0) is 11.3 Å². The third-order valence-electron chi connectivity index (χ3n) is 4.95. The van der Waals surface area contributed by atoms with Gasteiger partial charge < -0.3 is 5.32 Å². The number of hydrogen-bond donors (Lipinski definition) is 1. The van der Waals surface area contributed by atoms with Gasteiger partial charge in [0.25, 0.3) is 5.91 Å². The molecule has 0 saturated carbocycles. The van der Waals surface area contributed by atoms with Gasteiger partial charge in [-0.25, -0.2) is 13.2 Å². The molecule has 0 bridgehead atoms. The van der Waals surface area contributed by atoms with E-state index in [9.17, 15) is 18.0 Å². The molecule has 1 aliphatic rings. The number of carbonyl (C=O) groups is 1. The lowest BCUT2D eigenvalue weighted by Gasteiger charge is -2.24. The molecule has 1 unspecified atom stereocenters. The molecule has 2 aromatic rings. The summed E-state index contributed by atoms with van der Waals surface area (Å²) in [7, 11) is 0. The van der Waals surface area contributed by atoms with Gasteiger partial charge in [-0.05, 0) is 30.2 Å². The van der Waals surface area contributed by atoms with Crippen molar-refractivity contribution in [1.29, 1.82) is 0 Å². The Labute approximate surface area is 168 Å². The standard InChI is InChI=1S/C22H24F3N3O/c1-2-3-6-11-28-21(16-7-4-5-8-17(16)23)13-20(27-28)22(29)26-14-15-9-10-18(24)19(25)12-15/h4-5,7-10,12,21H,2-3,6,11,13-14H2,1H3,(H,26,29). The topological polar surface area (TPSA) is 44.7 Å². The third kappa shape index (κ3) is 5.16. The number of nitrogens with one attached hydrogen (secondary N) is 1. The van der Waals surface area contributed by atoms with E-state index in [1.54, 1.807) is 23.2 Å². The van der Waals surface area contributed by atoms with Gasteiger partial charge in [0.2, 0.25) is 0 Å². The molecule has 0 spiro atoms. The Hall–Kier alpha value is -2.83. The summed E-state index contributed by atoms with van der Waals surface area (Å²) in [5.74, 6) is -2.61. The number of hydrogen-bond acceptors (Lipinski definition) is 3. The molecule has 0 aromatic heterocycles. The summed E-state index contributed by atoms with van der Waals surface area (Å²) in [5.41, 5.74) is 1.26. The van der Waals surface area contributed by atoms with E-state index in [1.165, 1.54) is 12.1 Å².